The third-order valence-electron chi connectivity index (χ3n) is 11.8. The minimum atomic E-state index is -4.81. The number of aromatic nitrogens is 4. The molecule has 0 spiro atoms. The average molecular weight is 1020 g/mol. The largest absolute Gasteiger partial charge is 0.502 e. The van der Waals surface area contributed by atoms with Crippen LogP contribution < -0.4 is 35.5 Å². The molecule has 4 aromatic heterocycles. The molecule has 0 unspecified atom stereocenters. The van der Waals surface area contributed by atoms with Gasteiger partial charge in [0.2, 0.25) is 11.5 Å². The zero-order chi connectivity index (χ0) is 52.4. The predicted molar refractivity (Wildman–Crippen MR) is 255 cm³/mol. The predicted octanol–water partition coefficient (Wildman–Crippen LogP) is 7.84. The number of halogens is 6. The number of benzene rings is 2. The fourth-order valence-electron chi connectivity index (χ4n) is 8.20. The first-order valence-electron chi connectivity index (χ1n) is 21.1. The summed E-state index contributed by atoms with van der Waals surface area (Å²) in [5.41, 5.74) is -5.57. The van der Waals surface area contributed by atoms with Gasteiger partial charge < -0.3 is 19.6 Å². The number of alkyl halides is 6. The van der Waals surface area contributed by atoms with Crippen LogP contribution in [-0.4, -0.2) is 64.1 Å². The highest BCUT2D eigenvalue weighted by molar-refractivity contribution is 7.81. The van der Waals surface area contributed by atoms with Gasteiger partial charge in [-0.05, 0) is 126 Å². The highest BCUT2D eigenvalue weighted by Gasteiger charge is 2.52. The van der Waals surface area contributed by atoms with Crippen LogP contribution in [0.15, 0.2) is 82.6 Å². The smallest absolute Gasteiger partial charge is 0.417 e. The molecule has 0 saturated carbocycles. The number of methoxy groups -OCH3 is 1. The number of nitrogens with zero attached hydrogens (tertiary/aromatic N) is 10. The number of fused-ring (bicyclic) bond motifs is 2. The van der Waals surface area contributed by atoms with E-state index in [2.05, 4.69) is 9.97 Å². The fraction of sp³-hybridized carbons (Fsp3) is 0.277. The van der Waals surface area contributed by atoms with Crippen molar-refractivity contribution < 1.29 is 45.8 Å². The van der Waals surface area contributed by atoms with E-state index in [1.807, 2.05) is 6.92 Å². The molecule has 2 aromatic carbocycles. The maximum atomic E-state index is 13.5. The molecule has 2 aliphatic rings. The Morgan fingerprint density at radius 3 is 1.38 bits per heavy atom. The molecule has 6 aromatic rings. The van der Waals surface area contributed by atoms with Crippen molar-refractivity contribution >= 4 is 80.5 Å². The Kier molecular flexibility index (Phi) is 13.0. The molecule has 71 heavy (non-hydrogen) atoms. The molecule has 0 atom stereocenters. The molecule has 8 rings (SSSR count). The second kappa shape index (κ2) is 18.1. The number of hydrogen-bond acceptors (Lipinski definition) is 12. The zero-order valence-electron chi connectivity index (χ0n) is 38.4. The van der Waals surface area contributed by atoms with Crippen LogP contribution in [0.25, 0.3) is 11.3 Å². The van der Waals surface area contributed by atoms with Crippen LogP contribution in [0, 0.1) is 22.7 Å². The lowest BCUT2D eigenvalue weighted by atomic mass is 10.0. The summed E-state index contributed by atoms with van der Waals surface area (Å²) < 4.78 is 88.8. The van der Waals surface area contributed by atoms with Gasteiger partial charge in [0.1, 0.15) is 22.4 Å². The van der Waals surface area contributed by atoms with Gasteiger partial charge in [-0.15, -0.1) is 0 Å². The summed E-state index contributed by atoms with van der Waals surface area (Å²) in [6.07, 6.45) is -5.98. The molecular formula is C47H38F6N10O6S2. The van der Waals surface area contributed by atoms with E-state index in [4.69, 9.17) is 39.7 Å². The number of amides is 2. The molecule has 0 bridgehead atoms. The van der Waals surface area contributed by atoms with Crippen molar-refractivity contribution in [1.82, 2.24) is 18.8 Å². The fourth-order valence-corrected chi connectivity index (χ4v) is 9.24. The summed E-state index contributed by atoms with van der Waals surface area (Å²) in [5, 5.41) is 28.1. The number of aryl methyl sites for hydroxylation is 2. The average Bonchev–Trinajstić information content (AvgIpc) is 3.62. The van der Waals surface area contributed by atoms with E-state index in [0.717, 1.165) is 32.4 Å². The van der Waals surface area contributed by atoms with Gasteiger partial charge in [-0.25, -0.2) is 9.97 Å². The van der Waals surface area contributed by atoms with Gasteiger partial charge >= 0.3 is 17.9 Å². The van der Waals surface area contributed by atoms with Gasteiger partial charge in [-0.2, -0.15) is 36.9 Å². The lowest BCUT2D eigenvalue weighted by Gasteiger charge is -2.29. The van der Waals surface area contributed by atoms with Crippen LogP contribution >= 0.6 is 24.4 Å². The number of ether oxygens (including phenoxy) is 1. The lowest BCUT2D eigenvalue weighted by molar-refractivity contribution is -0.138. The van der Waals surface area contributed by atoms with E-state index in [1.165, 1.54) is 64.0 Å². The van der Waals surface area contributed by atoms with E-state index in [-0.39, 0.29) is 38.7 Å². The third-order valence-corrected chi connectivity index (χ3v) is 12.5. The van der Waals surface area contributed by atoms with Crippen molar-refractivity contribution in [2.75, 3.05) is 26.7 Å². The first kappa shape index (κ1) is 50.9. The Morgan fingerprint density at radius 2 is 1.01 bits per heavy atom. The minimum absolute atomic E-state index is 0.0830. The topological polar surface area (TPSA) is 193 Å². The highest BCUT2D eigenvalue weighted by Crippen LogP contribution is 2.42. The van der Waals surface area contributed by atoms with Crippen molar-refractivity contribution in [2.45, 2.75) is 77.8 Å². The van der Waals surface area contributed by atoms with Crippen molar-refractivity contribution in [3.63, 3.8) is 0 Å². The maximum absolute atomic E-state index is 13.5. The van der Waals surface area contributed by atoms with Crippen LogP contribution in [0.2, 0.25) is 0 Å². The molecule has 2 aliphatic heterocycles. The molecule has 366 valence electrons. The van der Waals surface area contributed by atoms with Crippen LogP contribution in [-0.2, 0) is 34.8 Å². The van der Waals surface area contributed by atoms with Crippen molar-refractivity contribution in [3.05, 3.63) is 127 Å². The Hall–Kier alpha value is -7.96. The standard InChI is InChI=1S/C24H20F3N5O3S.C23H18F3N5O3S/c1-5-17-19(35-4)20(33)30-12-15(8-9-18(30)29-17)32-22(36)31(21(34)23(32,2)3)14-7-6-13(11-28)16(10-14)24(25,26)27;1-4-16-18(32)19(33)29-11-14(7-8-17(29)28-16)31-21(35)30(20(34)22(31,2)3)13-6-5-12(10-27)15(9-13)23(24,25)26/h6-10,12H,5H2,1-4H3;5-9,11,32H,4H2,1-3H3. The first-order chi connectivity index (χ1) is 33.2. The van der Waals surface area contributed by atoms with Gasteiger partial charge in [0.05, 0.1) is 75.6 Å². The normalized spacial score (nSPS) is 15.6. The summed E-state index contributed by atoms with van der Waals surface area (Å²) in [5.74, 6) is -1.59. The molecule has 24 heteroatoms. The zero-order valence-corrected chi connectivity index (χ0v) is 40.0. The van der Waals surface area contributed by atoms with Crippen LogP contribution in [0.1, 0.15) is 75.2 Å². The van der Waals surface area contributed by atoms with Gasteiger partial charge in [-0.3, -0.25) is 37.8 Å². The maximum Gasteiger partial charge on any atom is 0.417 e. The summed E-state index contributed by atoms with van der Waals surface area (Å²) >= 11 is 11.1. The van der Waals surface area contributed by atoms with Crippen LogP contribution in [0.3, 0.4) is 0 Å². The number of hydrogen-bond donors (Lipinski definition) is 1. The van der Waals surface area contributed by atoms with Crippen molar-refractivity contribution in [3.8, 4) is 23.6 Å². The molecule has 0 radical (unpaired) electrons. The Balaban J connectivity index is 0.000000209. The molecule has 0 aliphatic carbocycles. The monoisotopic (exact) mass is 1020 g/mol. The van der Waals surface area contributed by atoms with Gasteiger partial charge in [-0.1, -0.05) is 13.8 Å². The summed E-state index contributed by atoms with van der Waals surface area (Å²) in [7, 11) is 1.37. The molecule has 2 saturated heterocycles. The van der Waals surface area contributed by atoms with E-state index >= 15 is 0 Å². The summed E-state index contributed by atoms with van der Waals surface area (Å²) in [6, 6.07) is 15.2. The van der Waals surface area contributed by atoms with Crippen molar-refractivity contribution in [2.24, 2.45) is 0 Å². The number of carbonyl (C=O) groups excluding carboxylic acids is 2. The first-order valence-corrected chi connectivity index (χ1v) is 21.9. The summed E-state index contributed by atoms with van der Waals surface area (Å²) in [4.78, 5) is 66.0. The molecule has 2 fully saturated rings. The van der Waals surface area contributed by atoms with Gasteiger partial charge in [0, 0.05) is 12.4 Å². The molecular weight excluding hydrogens is 979 g/mol. The van der Waals surface area contributed by atoms with E-state index < -0.39 is 74.4 Å². The third kappa shape index (κ3) is 8.52. The highest BCUT2D eigenvalue weighted by atomic mass is 32.1. The number of aromatic hydroxyl groups is 1. The number of anilines is 4. The van der Waals surface area contributed by atoms with E-state index in [1.54, 1.807) is 52.8 Å². The number of nitriles is 2. The summed E-state index contributed by atoms with van der Waals surface area (Å²) in [6.45, 7) is 9.81. The quantitative estimate of drug-likeness (QED) is 0.120. The minimum Gasteiger partial charge on any atom is -0.502 e. The van der Waals surface area contributed by atoms with Gasteiger partial charge in [0.25, 0.3) is 17.4 Å². The van der Waals surface area contributed by atoms with Crippen LogP contribution in [0.5, 0.6) is 11.5 Å². The van der Waals surface area contributed by atoms with Gasteiger partial charge in [0.15, 0.2) is 10.2 Å². The molecule has 16 nitrogen and oxygen atoms in total. The second-order valence-corrected chi connectivity index (χ2v) is 17.6. The number of pyridine rings is 2. The Bertz CT molecular complexity index is 3490. The number of rotatable bonds is 7. The Labute approximate surface area is 409 Å². The van der Waals surface area contributed by atoms with Crippen molar-refractivity contribution in [1.29, 1.82) is 10.5 Å². The van der Waals surface area contributed by atoms with Crippen LogP contribution in [0.4, 0.5) is 49.1 Å². The molecule has 6 heterocycles. The van der Waals surface area contributed by atoms with E-state index in [9.17, 15) is 50.6 Å². The molecule has 1 N–H and O–H groups in total. The SMILES string of the molecule is CCc1nc2ccc(N3C(=S)N(c4ccc(C#N)c(C(F)(F)F)c4)C(=O)C3(C)C)cn2c(=O)c1O.CCc1nc2ccc(N3C(=S)N(c4ccc(C#N)c(C(F)(F)F)c4)C(=O)C3(C)C)cn2c(=O)c1OC. The van der Waals surface area contributed by atoms with E-state index in [0.29, 0.717) is 41.6 Å². The number of carbonyl (C=O) groups is 2. The lowest BCUT2D eigenvalue weighted by Crippen LogP contribution is -2.44. The second-order valence-electron chi connectivity index (χ2n) is 16.9. The number of thiocarbonyl (C=S) groups is 2. The molecule has 2 amide bonds. The Morgan fingerprint density at radius 1 is 0.634 bits per heavy atom.